The standard InChI is InChI=1S/C13H30BNO3Si/c1-13(2,3)19(6,7)18-12-8-11(10-17-5)15(9-12)14(4)16/h11-12,16H,8-10H2,1-7H3/t11-,12-/m0/s1. The van der Waals surface area contributed by atoms with Crippen molar-refractivity contribution in [2.45, 2.75) is 64.3 Å². The molecule has 6 heteroatoms. The highest BCUT2D eigenvalue weighted by Crippen LogP contribution is 2.38. The molecule has 1 rings (SSSR count). The van der Waals surface area contributed by atoms with Crippen LogP contribution in [0.2, 0.25) is 25.0 Å². The average molecular weight is 287 g/mol. The van der Waals surface area contributed by atoms with Gasteiger partial charge in [-0.3, -0.25) is 0 Å². The molecule has 0 aliphatic carbocycles. The lowest BCUT2D eigenvalue weighted by Crippen LogP contribution is -2.46. The van der Waals surface area contributed by atoms with Crippen LogP contribution >= 0.6 is 0 Å². The summed E-state index contributed by atoms with van der Waals surface area (Å²) in [5.41, 5.74) is 0. The van der Waals surface area contributed by atoms with Crippen molar-refractivity contribution in [1.82, 2.24) is 4.81 Å². The maximum Gasteiger partial charge on any atom is 0.376 e. The van der Waals surface area contributed by atoms with Gasteiger partial charge in [-0.25, -0.2) is 0 Å². The zero-order chi connectivity index (χ0) is 14.8. The fraction of sp³-hybridized carbons (Fsp3) is 1.00. The summed E-state index contributed by atoms with van der Waals surface area (Å²) < 4.78 is 11.7. The van der Waals surface area contributed by atoms with Crippen molar-refractivity contribution in [1.29, 1.82) is 0 Å². The Hall–Kier alpha value is 0.122. The second-order valence-corrected chi connectivity index (χ2v) is 11.9. The maximum absolute atomic E-state index is 9.85. The molecule has 1 saturated heterocycles. The molecule has 1 heterocycles. The van der Waals surface area contributed by atoms with Crippen LogP contribution in [0.5, 0.6) is 0 Å². The van der Waals surface area contributed by atoms with Gasteiger partial charge in [0, 0.05) is 19.7 Å². The molecule has 4 nitrogen and oxygen atoms in total. The van der Waals surface area contributed by atoms with E-state index in [1.807, 2.05) is 6.82 Å². The van der Waals surface area contributed by atoms with Crippen LogP contribution in [0.4, 0.5) is 0 Å². The van der Waals surface area contributed by atoms with E-state index in [0.29, 0.717) is 6.61 Å². The molecule has 1 N–H and O–H groups in total. The van der Waals surface area contributed by atoms with E-state index >= 15 is 0 Å². The van der Waals surface area contributed by atoms with Crippen LogP contribution in [0.15, 0.2) is 0 Å². The number of nitrogens with zero attached hydrogens (tertiary/aromatic N) is 1. The van der Waals surface area contributed by atoms with E-state index in [2.05, 4.69) is 38.7 Å². The number of ether oxygens (including phenoxy) is 1. The van der Waals surface area contributed by atoms with E-state index in [-0.39, 0.29) is 17.2 Å². The predicted molar refractivity (Wildman–Crippen MR) is 82.9 cm³/mol. The van der Waals surface area contributed by atoms with Crippen LogP contribution in [0.25, 0.3) is 0 Å². The molecule has 0 spiro atoms. The molecule has 2 atom stereocenters. The van der Waals surface area contributed by atoms with E-state index in [9.17, 15) is 5.02 Å². The summed E-state index contributed by atoms with van der Waals surface area (Å²) >= 11 is 0. The van der Waals surface area contributed by atoms with Crippen LogP contribution in [0.3, 0.4) is 0 Å². The van der Waals surface area contributed by atoms with Gasteiger partial charge >= 0.3 is 7.05 Å². The van der Waals surface area contributed by atoms with Gasteiger partial charge in [0.1, 0.15) is 0 Å². The summed E-state index contributed by atoms with van der Waals surface area (Å²) in [5.74, 6) is 0. The van der Waals surface area contributed by atoms with Crippen LogP contribution in [0.1, 0.15) is 27.2 Å². The summed E-state index contributed by atoms with van der Waals surface area (Å²) in [6.45, 7) is 14.6. The molecular formula is C13H30BNO3Si. The van der Waals surface area contributed by atoms with E-state index < -0.39 is 15.4 Å². The Morgan fingerprint density at radius 1 is 1.37 bits per heavy atom. The monoisotopic (exact) mass is 287 g/mol. The van der Waals surface area contributed by atoms with Crippen LogP contribution in [0, 0.1) is 0 Å². The predicted octanol–water partition coefficient (Wildman–Crippen LogP) is 2.21. The third-order valence-electron chi connectivity index (χ3n) is 4.52. The van der Waals surface area contributed by atoms with Crippen molar-refractivity contribution in [2.24, 2.45) is 0 Å². The quantitative estimate of drug-likeness (QED) is 0.787. The van der Waals surface area contributed by atoms with Gasteiger partial charge in [-0.05, 0) is 31.4 Å². The van der Waals surface area contributed by atoms with Crippen molar-refractivity contribution in [3.63, 3.8) is 0 Å². The first kappa shape index (κ1) is 17.2. The molecule has 19 heavy (non-hydrogen) atoms. The second-order valence-electron chi connectivity index (χ2n) is 7.17. The number of methoxy groups -OCH3 is 1. The minimum absolute atomic E-state index is 0.218. The SMILES string of the molecule is COC[C@@H]1C[C@H](O[Si](C)(C)C(C)(C)C)CN1B(C)O. The van der Waals surface area contributed by atoms with E-state index in [1.165, 1.54) is 0 Å². The number of hydrogen-bond donors (Lipinski definition) is 1. The zero-order valence-electron chi connectivity index (χ0n) is 13.6. The maximum atomic E-state index is 9.85. The van der Waals surface area contributed by atoms with E-state index in [1.54, 1.807) is 7.11 Å². The smallest absolute Gasteiger partial charge is 0.376 e. The highest BCUT2D eigenvalue weighted by atomic mass is 28.4. The second kappa shape index (κ2) is 6.26. The van der Waals surface area contributed by atoms with Gasteiger partial charge in [0.2, 0.25) is 0 Å². The lowest BCUT2D eigenvalue weighted by atomic mass is 9.84. The topological polar surface area (TPSA) is 41.9 Å². The van der Waals surface area contributed by atoms with Gasteiger partial charge in [0.05, 0.1) is 12.7 Å². The lowest BCUT2D eigenvalue weighted by Gasteiger charge is -2.38. The zero-order valence-corrected chi connectivity index (χ0v) is 14.6. The third kappa shape index (κ3) is 4.29. The van der Waals surface area contributed by atoms with E-state index in [0.717, 1.165) is 13.0 Å². The summed E-state index contributed by atoms with van der Waals surface area (Å²) in [4.78, 5) is 2.08. The normalized spacial score (nSPS) is 25.9. The molecule has 1 fully saturated rings. The van der Waals surface area contributed by atoms with Crippen molar-refractivity contribution in [2.75, 3.05) is 20.3 Å². The number of rotatable bonds is 5. The average Bonchev–Trinajstić information content (AvgIpc) is 2.59. The fourth-order valence-corrected chi connectivity index (χ4v) is 3.75. The molecule has 0 radical (unpaired) electrons. The molecule has 0 aromatic carbocycles. The molecule has 0 aromatic rings. The lowest BCUT2D eigenvalue weighted by molar-refractivity contribution is 0.141. The molecular weight excluding hydrogens is 257 g/mol. The Bertz CT molecular complexity index is 294. The largest absolute Gasteiger partial charge is 0.437 e. The van der Waals surface area contributed by atoms with Crippen molar-refractivity contribution in [3.8, 4) is 0 Å². The fourth-order valence-electron chi connectivity index (χ4n) is 2.39. The van der Waals surface area contributed by atoms with Crippen LogP contribution < -0.4 is 0 Å². The highest BCUT2D eigenvalue weighted by Gasteiger charge is 2.43. The van der Waals surface area contributed by atoms with Gasteiger partial charge < -0.3 is 19.0 Å². The molecule has 112 valence electrons. The molecule has 0 amide bonds. The minimum Gasteiger partial charge on any atom is -0.437 e. The summed E-state index contributed by atoms with van der Waals surface area (Å²) in [5, 5.41) is 10.1. The Morgan fingerprint density at radius 3 is 2.37 bits per heavy atom. The Morgan fingerprint density at radius 2 is 1.95 bits per heavy atom. The first-order valence-corrected chi connectivity index (χ1v) is 10.1. The molecule has 1 aliphatic heterocycles. The molecule has 0 saturated carbocycles. The van der Waals surface area contributed by atoms with Gasteiger partial charge in [0.15, 0.2) is 8.32 Å². The van der Waals surface area contributed by atoms with Crippen LogP contribution in [-0.2, 0) is 9.16 Å². The Balaban J connectivity index is 2.67. The summed E-state index contributed by atoms with van der Waals surface area (Å²) in [6, 6.07) is 0.264. The molecule has 0 unspecified atom stereocenters. The summed E-state index contributed by atoms with van der Waals surface area (Å²) in [6.07, 6.45) is 1.17. The first-order chi connectivity index (χ1) is 8.58. The molecule has 0 aromatic heterocycles. The number of hydrogen-bond acceptors (Lipinski definition) is 4. The van der Waals surface area contributed by atoms with Crippen LogP contribution in [-0.4, -0.2) is 57.6 Å². The van der Waals surface area contributed by atoms with Crippen molar-refractivity contribution in [3.05, 3.63) is 0 Å². The summed E-state index contributed by atoms with van der Waals surface area (Å²) in [7, 11) is -0.462. The van der Waals surface area contributed by atoms with Gasteiger partial charge in [-0.15, -0.1) is 0 Å². The van der Waals surface area contributed by atoms with Gasteiger partial charge in [0.25, 0.3) is 0 Å². The minimum atomic E-state index is -1.74. The molecule has 1 aliphatic rings. The first-order valence-electron chi connectivity index (χ1n) is 7.19. The Kier molecular flexibility index (Phi) is 5.66. The van der Waals surface area contributed by atoms with Crippen molar-refractivity contribution < 1.29 is 14.2 Å². The highest BCUT2D eigenvalue weighted by molar-refractivity contribution is 6.74. The van der Waals surface area contributed by atoms with Crippen molar-refractivity contribution >= 4 is 15.4 Å². The third-order valence-corrected chi connectivity index (χ3v) is 9.06. The molecule has 0 bridgehead atoms. The van der Waals surface area contributed by atoms with Gasteiger partial charge in [-0.1, -0.05) is 20.8 Å². The van der Waals surface area contributed by atoms with Gasteiger partial charge in [-0.2, -0.15) is 0 Å². The van der Waals surface area contributed by atoms with E-state index in [4.69, 9.17) is 9.16 Å². The Labute approximate surface area is 119 Å².